The van der Waals surface area contributed by atoms with Crippen molar-refractivity contribution in [2.75, 3.05) is 0 Å². The molecule has 0 aliphatic heterocycles. The fourth-order valence-electron chi connectivity index (χ4n) is 1.55. The first kappa shape index (κ1) is 12.3. The second-order valence-corrected chi connectivity index (χ2v) is 4.06. The number of benzene rings is 2. The van der Waals surface area contributed by atoms with Crippen molar-refractivity contribution in [3.05, 3.63) is 71.8 Å². The minimum atomic E-state index is -0.668. The van der Waals surface area contributed by atoms with E-state index in [2.05, 4.69) is 6.07 Å². The third-order valence-corrected chi connectivity index (χ3v) is 2.79. The molecule has 0 heterocycles. The van der Waals surface area contributed by atoms with Crippen molar-refractivity contribution in [1.29, 1.82) is 5.26 Å². The Bertz CT molecular complexity index is 560. The molecule has 0 amide bonds. The molecular formula is C15H11NOS. The lowest BCUT2D eigenvalue weighted by Crippen LogP contribution is -2.09. The predicted octanol–water partition coefficient (Wildman–Crippen LogP) is 3.64. The fourth-order valence-corrected chi connectivity index (χ4v) is 1.78. The Morgan fingerprint density at radius 3 is 2.11 bits per heavy atom. The first-order valence-electron chi connectivity index (χ1n) is 5.52. The molecule has 0 aliphatic rings. The first-order valence-corrected chi connectivity index (χ1v) is 5.92. The van der Waals surface area contributed by atoms with Gasteiger partial charge in [0.05, 0.1) is 0 Å². The summed E-state index contributed by atoms with van der Waals surface area (Å²) in [5.74, 6) is 0. The molecular weight excluding hydrogens is 242 g/mol. The Balaban J connectivity index is 2.14. The number of nitriles is 1. The summed E-state index contributed by atoms with van der Waals surface area (Å²) in [6.45, 7) is 0. The van der Waals surface area contributed by atoms with E-state index in [9.17, 15) is 0 Å². The highest BCUT2D eigenvalue weighted by Crippen LogP contribution is 2.18. The molecule has 3 heteroatoms. The molecule has 0 radical (unpaired) electrons. The molecule has 0 aliphatic carbocycles. The molecule has 18 heavy (non-hydrogen) atoms. The van der Waals surface area contributed by atoms with Crippen LogP contribution in [0.4, 0.5) is 0 Å². The van der Waals surface area contributed by atoms with Crippen molar-refractivity contribution >= 4 is 17.3 Å². The third-order valence-electron chi connectivity index (χ3n) is 2.45. The number of hydrogen-bond acceptors (Lipinski definition) is 3. The van der Waals surface area contributed by atoms with Crippen LogP contribution >= 0.6 is 12.2 Å². The summed E-state index contributed by atoms with van der Waals surface area (Å²) in [4.78, 5) is 0. The van der Waals surface area contributed by atoms with Crippen molar-refractivity contribution in [1.82, 2.24) is 0 Å². The zero-order chi connectivity index (χ0) is 12.8. The maximum atomic E-state index is 9.14. The van der Waals surface area contributed by atoms with Crippen molar-refractivity contribution in [3.63, 3.8) is 0 Å². The Morgan fingerprint density at radius 2 is 1.56 bits per heavy atom. The number of hydrogen-bond donors (Lipinski definition) is 0. The predicted molar refractivity (Wildman–Crippen MR) is 74.0 cm³/mol. The van der Waals surface area contributed by atoms with Gasteiger partial charge in [0.25, 0.3) is 0 Å². The molecule has 0 spiro atoms. The lowest BCUT2D eigenvalue weighted by atomic mass is 10.1. The largest absolute Gasteiger partial charge is 0.460 e. The Hall–Kier alpha value is -2.18. The van der Waals surface area contributed by atoms with E-state index in [1.165, 1.54) is 0 Å². The zero-order valence-corrected chi connectivity index (χ0v) is 10.4. The van der Waals surface area contributed by atoms with Crippen LogP contribution in [0.2, 0.25) is 0 Å². The van der Waals surface area contributed by atoms with Crippen LogP contribution in [0.25, 0.3) is 0 Å². The summed E-state index contributed by atoms with van der Waals surface area (Å²) in [5, 5.41) is 9.48. The smallest absolute Gasteiger partial charge is 0.210 e. The van der Waals surface area contributed by atoms with Gasteiger partial charge in [-0.15, -0.1) is 0 Å². The topological polar surface area (TPSA) is 33.0 Å². The molecule has 0 N–H and O–H groups in total. The minimum Gasteiger partial charge on any atom is -0.460 e. The van der Waals surface area contributed by atoms with Crippen LogP contribution in [-0.4, -0.2) is 5.05 Å². The van der Waals surface area contributed by atoms with Crippen molar-refractivity contribution < 1.29 is 4.74 Å². The summed E-state index contributed by atoms with van der Waals surface area (Å²) < 4.78 is 5.54. The van der Waals surface area contributed by atoms with Gasteiger partial charge >= 0.3 is 0 Å². The summed E-state index contributed by atoms with van der Waals surface area (Å²) in [7, 11) is 0. The summed E-state index contributed by atoms with van der Waals surface area (Å²) in [6, 6.07) is 20.8. The van der Waals surface area contributed by atoms with Crippen LogP contribution in [0, 0.1) is 11.3 Å². The van der Waals surface area contributed by atoms with Crippen molar-refractivity contribution in [2.45, 2.75) is 6.10 Å². The maximum absolute atomic E-state index is 9.14. The zero-order valence-electron chi connectivity index (χ0n) is 9.61. The van der Waals surface area contributed by atoms with E-state index in [4.69, 9.17) is 22.2 Å². The van der Waals surface area contributed by atoms with E-state index in [0.29, 0.717) is 5.05 Å². The number of ether oxygens (including phenoxy) is 1. The summed E-state index contributed by atoms with van der Waals surface area (Å²) in [5.41, 5.74) is 1.61. The van der Waals surface area contributed by atoms with Crippen LogP contribution in [0.3, 0.4) is 0 Å². The SMILES string of the molecule is N#CC(OC(=S)c1ccccc1)c1ccccc1. The molecule has 1 atom stereocenters. The van der Waals surface area contributed by atoms with Gasteiger partial charge in [-0.1, -0.05) is 60.7 Å². The molecule has 2 aromatic carbocycles. The number of thiocarbonyl (C=S) groups is 1. The molecule has 2 rings (SSSR count). The van der Waals surface area contributed by atoms with Gasteiger partial charge in [0.2, 0.25) is 6.10 Å². The fraction of sp³-hybridized carbons (Fsp3) is 0.0667. The van der Waals surface area contributed by atoms with Gasteiger partial charge in [0.1, 0.15) is 6.07 Å². The van der Waals surface area contributed by atoms with Crippen molar-refractivity contribution in [2.24, 2.45) is 0 Å². The molecule has 0 saturated heterocycles. The van der Waals surface area contributed by atoms with E-state index < -0.39 is 6.10 Å². The standard InChI is InChI=1S/C15H11NOS/c16-11-14(12-7-3-1-4-8-12)17-15(18)13-9-5-2-6-10-13/h1-10,14H. The molecule has 2 aromatic rings. The van der Waals surface area contributed by atoms with Crippen LogP contribution in [-0.2, 0) is 4.74 Å². The Kier molecular flexibility index (Phi) is 4.06. The van der Waals surface area contributed by atoms with Crippen LogP contribution in [0.5, 0.6) is 0 Å². The molecule has 0 fully saturated rings. The van der Waals surface area contributed by atoms with Gasteiger partial charge in [0, 0.05) is 11.1 Å². The van der Waals surface area contributed by atoms with E-state index in [-0.39, 0.29) is 0 Å². The highest BCUT2D eigenvalue weighted by atomic mass is 32.1. The van der Waals surface area contributed by atoms with Gasteiger partial charge in [-0.05, 0) is 12.2 Å². The lowest BCUT2D eigenvalue weighted by molar-refractivity contribution is 0.257. The third kappa shape index (κ3) is 2.93. The Labute approximate surface area is 111 Å². The van der Waals surface area contributed by atoms with Crippen LogP contribution < -0.4 is 0 Å². The molecule has 0 bridgehead atoms. The highest BCUT2D eigenvalue weighted by Gasteiger charge is 2.14. The van der Waals surface area contributed by atoms with Crippen LogP contribution in [0.1, 0.15) is 17.2 Å². The van der Waals surface area contributed by atoms with Gasteiger partial charge in [-0.25, -0.2) is 0 Å². The second kappa shape index (κ2) is 5.95. The highest BCUT2D eigenvalue weighted by molar-refractivity contribution is 7.80. The van der Waals surface area contributed by atoms with Gasteiger partial charge in [-0.2, -0.15) is 5.26 Å². The lowest BCUT2D eigenvalue weighted by Gasteiger charge is -2.13. The number of nitrogens with zero attached hydrogens (tertiary/aromatic N) is 1. The normalized spacial score (nSPS) is 11.3. The molecule has 1 unspecified atom stereocenters. The monoisotopic (exact) mass is 253 g/mol. The van der Waals surface area contributed by atoms with Crippen LogP contribution in [0.15, 0.2) is 60.7 Å². The molecule has 0 saturated carbocycles. The van der Waals surface area contributed by atoms with Crippen molar-refractivity contribution in [3.8, 4) is 6.07 Å². The average molecular weight is 253 g/mol. The second-order valence-electron chi connectivity index (χ2n) is 3.69. The molecule has 88 valence electrons. The summed E-state index contributed by atoms with van der Waals surface area (Å²) in [6.07, 6.45) is -0.668. The van der Waals surface area contributed by atoms with E-state index in [1.807, 2.05) is 60.7 Å². The summed E-state index contributed by atoms with van der Waals surface area (Å²) >= 11 is 5.19. The average Bonchev–Trinajstić information content (AvgIpc) is 2.46. The number of rotatable bonds is 3. The Morgan fingerprint density at radius 1 is 1.00 bits per heavy atom. The molecule has 0 aromatic heterocycles. The maximum Gasteiger partial charge on any atom is 0.210 e. The van der Waals surface area contributed by atoms with E-state index in [0.717, 1.165) is 11.1 Å². The van der Waals surface area contributed by atoms with Gasteiger partial charge in [-0.3, -0.25) is 0 Å². The van der Waals surface area contributed by atoms with E-state index in [1.54, 1.807) is 0 Å². The van der Waals surface area contributed by atoms with E-state index >= 15 is 0 Å². The first-order chi connectivity index (χ1) is 8.81. The molecule has 2 nitrogen and oxygen atoms in total. The minimum absolute atomic E-state index is 0.339. The quantitative estimate of drug-likeness (QED) is 0.783. The van der Waals surface area contributed by atoms with Gasteiger partial charge in [0.15, 0.2) is 5.05 Å². The van der Waals surface area contributed by atoms with Gasteiger partial charge < -0.3 is 4.74 Å².